The molecule has 0 spiro atoms. The van der Waals surface area contributed by atoms with E-state index in [4.69, 9.17) is 0 Å². The number of rotatable bonds is 0. The van der Waals surface area contributed by atoms with Gasteiger partial charge in [0.15, 0.2) is 0 Å². The Morgan fingerprint density at radius 2 is 1.45 bits per heavy atom. The second-order valence-electron chi connectivity index (χ2n) is 4.19. The normalized spacial score (nSPS) is 35.5. The molecular weight excluding hydrogens is 132 g/mol. The summed E-state index contributed by atoms with van der Waals surface area (Å²) in [6.07, 6.45) is 9.89. The summed E-state index contributed by atoms with van der Waals surface area (Å²) in [5.74, 6) is 1.72. The lowest BCUT2D eigenvalue weighted by molar-refractivity contribution is 0.460. The van der Waals surface area contributed by atoms with Crippen LogP contribution in [0.15, 0.2) is 0 Å². The Bertz CT molecular complexity index is 84.2. The third kappa shape index (κ3) is 3.79. The van der Waals surface area contributed by atoms with E-state index in [2.05, 4.69) is 13.8 Å². The van der Waals surface area contributed by atoms with Gasteiger partial charge >= 0.3 is 0 Å². The molecule has 0 aromatic heterocycles. The summed E-state index contributed by atoms with van der Waals surface area (Å²) >= 11 is 0. The van der Waals surface area contributed by atoms with Crippen LogP contribution < -0.4 is 0 Å². The summed E-state index contributed by atoms with van der Waals surface area (Å²) in [5, 5.41) is 0. The first-order chi connectivity index (χ1) is 5.29. The van der Waals surface area contributed by atoms with Gasteiger partial charge in [0.05, 0.1) is 0 Å². The molecule has 1 radical (unpaired) electrons. The van der Waals surface area contributed by atoms with Crippen LogP contribution in [-0.2, 0) is 0 Å². The molecule has 0 N–H and O–H groups in total. The molecule has 0 amide bonds. The molecule has 0 heterocycles. The third-order valence-electron chi connectivity index (χ3n) is 2.87. The summed E-state index contributed by atoms with van der Waals surface area (Å²) in [6.45, 7) is 6.56. The molecule has 1 aliphatic carbocycles. The minimum absolute atomic E-state index is 0.750. The largest absolute Gasteiger partial charge is 0.0625 e. The maximum atomic E-state index is 4.17. The molecular formula is C11H21. The molecule has 0 nitrogen and oxygen atoms in total. The second kappa shape index (κ2) is 4.79. The van der Waals surface area contributed by atoms with Crippen molar-refractivity contribution >= 4 is 0 Å². The fraction of sp³-hybridized carbons (Fsp3) is 0.909. The maximum Gasteiger partial charge on any atom is -0.0414 e. The van der Waals surface area contributed by atoms with Gasteiger partial charge in [0.2, 0.25) is 0 Å². The zero-order valence-corrected chi connectivity index (χ0v) is 7.81. The molecule has 65 valence electrons. The van der Waals surface area contributed by atoms with E-state index in [-0.39, 0.29) is 0 Å². The molecule has 1 fully saturated rings. The molecule has 11 heavy (non-hydrogen) atoms. The number of hydrogen-bond donors (Lipinski definition) is 0. The zero-order chi connectivity index (χ0) is 8.10. The van der Waals surface area contributed by atoms with Gasteiger partial charge in [-0.2, -0.15) is 0 Å². The number of hydrogen-bond acceptors (Lipinski definition) is 0. The van der Waals surface area contributed by atoms with Gasteiger partial charge in [0.1, 0.15) is 0 Å². The van der Waals surface area contributed by atoms with Crippen LogP contribution in [0.5, 0.6) is 0 Å². The fourth-order valence-electron chi connectivity index (χ4n) is 1.97. The molecule has 0 aromatic rings. The smallest absolute Gasteiger partial charge is 0.0414 e. The van der Waals surface area contributed by atoms with Gasteiger partial charge in [-0.25, -0.2) is 0 Å². The van der Waals surface area contributed by atoms with E-state index in [1.165, 1.54) is 44.9 Å². The highest BCUT2D eigenvalue weighted by molar-refractivity contribution is 4.66. The molecule has 0 aromatic carbocycles. The summed E-state index contributed by atoms with van der Waals surface area (Å²) in [6, 6.07) is 0. The quantitative estimate of drug-likeness (QED) is 0.496. The Labute approximate surface area is 71.4 Å². The lowest BCUT2D eigenvalue weighted by atomic mass is 9.98. The second-order valence-corrected chi connectivity index (χ2v) is 4.19. The van der Waals surface area contributed by atoms with Crippen molar-refractivity contribution in [2.24, 2.45) is 11.8 Å². The topological polar surface area (TPSA) is 0 Å². The van der Waals surface area contributed by atoms with E-state index in [0.29, 0.717) is 0 Å². The van der Waals surface area contributed by atoms with Crippen LogP contribution in [0.25, 0.3) is 0 Å². The molecule has 0 saturated heterocycles. The van der Waals surface area contributed by atoms with Crippen LogP contribution in [0.2, 0.25) is 0 Å². The van der Waals surface area contributed by atoms with Crippen molar-refractivity contribution in [1.29, 1.82) is 0 Å². The maximum absolute atomic E-state index is 4.17. The summed E-state index contributed by atoms with van der Waals surface area (Å²) < 4.78 is 0. The molecule has 1 rings (SSSR count). The Morgan fingerprint density at radius 1 is 0.909 bits per heavy atom. The first-order valence-corrected chi connectivity index (χ1v) is 5.12. The SMILES string of the molecule is [CH2]C1CCCCC(C)CCC1. The van der Waals surface area contributed by atoms with Crippen LogP contribution in [0, 0.1) is 18.8 Å². The summed E-state index contributed by atoms with van der Waals surface area (Å²) in [4.78, 5) is 0. The molecule has 2 atom stereocenters. The van der Waals surface area contributed by atoms with Crippen LogP contribution >= 0.6 is 0 Å². The van der Waals surface area contributed by atoms with Gasteiger partial charge in [-0.05, 0) is 11.8 Å². The van der Waals surface area contributed by atoms with E-state index in [0.717, 1.165) is 11.8 Å². The average Bonchev–Trinajstić information content (AvgIpc) is 2.04. The molecule has 1 aliphatic rings. The lowest BCUT2D eigenvalue weighted by Crippen LogP contribution is -1.94. The predicted octanol–water partition coefficient (Wildman–Crippen LogP) is 3.82. The molecule has 0 bridgehead atoms. The zero-order valence-electron chi connectivity index (χ0n) is 7.81. The van der Waals surface area contributed by atoms with Gasteiger partial charge < -0.3 is 0 Å². The van der Waals surface area contributed by atoms with Crippen molar-refractivity contribution < 1.29 is 0 Å². The van der Waals surface area contributed by atoms with Crippen LogP contribution in [0.1, 0.15) is 51.9 Å². The van der Waals surface area contributed by atoms with Crippen molar-refractivity contribution in [3.05, 3.63) is 6.92 Å². The van der Waals surface area contributed by atoms with Gasteiger partial charge in [-0.1, -0.05) is 58.8 Å². The van der Waals surface area contributed by atoms with Crippen LogP contribution in [0.4, 0.5) is 0 Å². The van der Waals surface area contributed by atoms with E-state index >= 15 is 0 Å². The van der Waals surface area contributed by atoms with Crippen molar-refractivity contribution in [2.75, 3.05) is 0 Å². The van der Waals surface area contributed by atoms with Crippen LogP contribution in [-0.4, -0.2) is 0 Å². The van der Waals surface area contributed by atoms with Crippen molar-refractivity contribution in [2.45, 2.75) is 51.9 Å². The molecule has 1 saturated carbocycles. The van der Waals surface area contributed by atoms with Gasteiger partial charge in [0, 0.05) is 0 Å². The minimum atomic E-state index is 0.750. The van der Waals surface area contributed by atoms with Crippen molar-refractivity contribution in [3.8, 4) is 0 Å². The monoisotopic (exact) mass is 153 g/mol. The van der Waals surface area contributed by atoms with Crippen molar-refractivity contribution in [1.82, 2.24) is 0 Å². The fourth-order valence-corrected chi connectivity index (χ4v) is 1.97. The lowest BCUT2D eigenvalue weighted by Gasteiger charge is -2.08. The summed E-state index contributed by atoms with van der Waals surface area (Å²) in [7, 11) is 0. The predicted molar refractivity (Wildman–Crippen MR) is 50.3 cm³/mol. The Balaban J connectivity index is 2.24. The van der Waals surface area contributed by atoms with E-state index < -0.39 is 0 Å². The van der Waals surface area contributed by atoms with E-state index in [9.17, 15) is 0 Å². The van der Waals surface area contributed by atoms with Crippen molar-refractivity contribution in [3.63, 3.8) is 0 Å². The van der Waals surface area contributed by atoms with Gasteiger partial charge in [0.25, 0.3) is 0 Å². The Kier molecular flexibility index (Phi) is 3.96. The minimum Gasteiger partial charge on any atom is -0.0625 e. The first kappa shape index (κ1) is 9.09. The first-order valence-electron chi connectivity index (χ1n) is 5.12. The van der Waals surface area contributed by atoms with Gasteiger partial charge in [-0.3, -0.25) is 0 Å². The molecule has 2 unspecified atom stereocenters. The Hall–Kier alpha value is 0. The Morgan fingerprint density at radius 3 is 2.27 bits per heavy atom. The highest BCUT2D eigenvalue weighted by atomic mass is 14.1. The molecule has 0 heteroatoms. The standard InChI is InChI=1S/C11H21/c1-10-6-3-4-7-11(2)9-5-8-10/h10-11H,1,3-9H2,2H3. The third-order valence-corrected chi connectivity index (χ3v) is 2.87. The highest BCUT2D eigenvalue weighted by Crippen LogP contribution is 2.23. The average molecular weight is 153 g/mol. The molecule has 0 aliphatic heterocycles. The highest BCUT2D eigenvalue weighted by Gasteiger charge is 2.08. The van der Waals surface area contributed by atoms with E-state index in [1.807, 2.05) is 0 Å². The van der Waals surface area contributed by atoms with Crippen LogP contribution in [0.3, 0.4) is 0 Å². The summed E-state index contributed by atoms with van der Waals surface area (Å²) in [5.41, 5.74) is 0. The van der Waals surface area contributed by atoms with E-state index in [1.54, 1.807) is 0 Å². The van der Waals surface area contributed by atoms with Gasteiger partial charge in [-0.15, -0.1) is 0 Å².